The molecule has 1 aliphatic heterocycles. The minimum Gasteiger partial charge on any atom is -0.416 e. The Hall–Kier alpha value is -0.278. The van der Waals surface area contributed by atoms with E-state index in [1.54, 1.807) is 0 Å². The van der Waals surface area contributed by atoms with Crippen LogP contribution in [0.2, 0.25) is 18.1 Å². The fourth-order valence-corrected chi connectivity index (χ4v) is 2.68. The molecular formula is C16H31BO3Si. The zero-order valence-electron chi connectivity index (χ0n) is 15.2. The van der Waals surface area contributed by atoms with Crippen LogP contribution in [0.3, 0.4) is 0 Å². The summed E-state index contributed by atoms with van der Waals surface area (Å²) in [5.74, 6) is 6.18. The molecule has 0 aromatic carbocycles. The Morgan fingerprint density at radius 1 is 1.05 bits per heavy atom. The number of hydrogen-bond acceptors (Lipinski definition) is 3. The molecular weight excluding hydrogens is 279 g/mol. The molecule has 0 amide bonds. The summed E-state index contributed by atoms with van der Waals surface area (Å²) in [5.41, 5.74) is -0.631. The molecule has 0 spiro atoms. The van der Waals surface area contributed by atoms with Crippen molar-refractivity contribution in [2.24, 2.45) is 0 Å². The molecule has 0 N–H and O–H groups in total. The van der Waals surface area contributed by atoms with Crippen LogP contribution in [0.5, 0.6) is 0 Å². The van der Waals surface area contributed by atoms with E-state index < -0.39 is 15.4 Å². The van der Waals surface area contributed by atoms with Gasteiger partial charge in [0.1, 0.15) is 0 Å². The molecule has 3 nitrogen and oxygen atoms in total. The molecule has 21 heavy (non-hydrogen) atoms. The van der Waals surface area contributed by atoms with Crippen LogP contribution in [0, 0.1) is 11.7 Å². The Labute approximate surface area is 132 Å². The van der Waals surface area contributed by atoms with Crippen molar-refractivity contribution < 1.29 is 13.7 Å². The van der Waals surface area contributed by atoms with Crippen molar-refractivity contribution in [3.63, 3.8) is 0 Å². The van der Waals surface area contributed by atoms with E-state index in [0.29, 0.717) is 6.61 Å². The summed E-state index contributed by atoms with van der Waals surface area (Å²) in [6.07, 6.45) is 0.719. The first-order valence-electron chi connectivity index (χ1n) is 7.76. The SMILES string of the molecule is CC1(C)OB(C#CCCO[Si](C)(C)C(C)(C)C)OC1(C)C. The largest absolute Gasteiger partial charge is 0.551 e. The van der Waals surface area contributed by atoms with E-state index in [1.807, 2.05) is 27.7 Å². The highest BCUT2D eigenvalue weighted by Gasteiger charge is 2.50. The lowest BCUT2D eigenvalue weighted by molar-refractivity contribution is 0.00578. The predicted molar refractivity (Wildman–Crippen MR) is 91.6 cm³/mol. The van der Waals surface area contributed by atoms with Crippen LogP contribution >= 0.6 is 0 Å². The molecule has 0 aliphatic carbocycles. The molecule has 0 aromatic heterocycles. The molecule has 1 heterocycles. The van der Waals surface area contributed by atoms with E-state index in [1.165, 1.54) is 0 Å². The lowest BCUT2D eigenvalue weighted by atomic mass is 9.90. The zero-order valence-corrected chi connectivity index (χ0v) is 16.2. The fourth-order valence-electron chi connectivity index (χ4n) is 1.63. The van der Waals surface area contributed by atoms with Crippen molar-refractivity contribution >= 4 is 15.4 Å². The molecule has 0 aromatic rings. The van der Waals surface area contributed by atoms with Crippen molar-refractivity contribution in [3.05, 3.63) is 0 Å². The third kappa shape index (κ3) is 4.59. The lowest BCUT2D eigenvalue weighted by Crippen LogP contribution is -2.41. The van der Waals surface area contributed by atoms with E-state index in [4.69, 9.17) is 13.7 Å². The first-order chi connectivity index (χ1) is 9.29. The second-order valence-corrected chi connectivity index (χ2v) is 13.1. The van der Waals surface area contributed by atoms with Gasteiger partial charge in [-0.15, -0.1) is 5.92 Å². The van der Waals surface area contributed by atoms with Crippen LogP contribution in [0.1, 0.15) is 54.9 Å². The molecule has 1 saturated heterocycles. The van der Waals surface area contributed by atoms with Gasteiger partial charge in [-0.3, -0.25) is 0 Å². The van der Waals surface area contributed by atoms with Gasteiger partial charge >= 0.3 is 7.12 Å². The van der Waals surface area contributed by atoms with Gasteiger partial charge in [-0.05, 0) is 45.8 Å². The summed E-state index contributed by atoms with van der Waals surface area (Å²) in [7, 11) is -2.09. The standard InChI is InChI=1S/C16H31BO3Si/c1-14(2,3)21(8,9)18-13-11-10-12-17-19-15(4,5)16(6,7)20-17/h11,13H2,1-9H3. The molecule has 0 atom stereocenters. The van der Waals surface area contributed by atoms with E-state index in [0.717, 1.165) is 6.42 Å². The molecule has 120 valence electrons. The quantitative estimate of drug-likeness (QED) is 0.447. The fraction of sp³-hybridized carbons (Fsp3) is 0.875. The highest BCUT2D eigenvalue weighted by atomic mass is 28.4. The van der Waals surface area contributed by atoms with Crippen LogP contribution in [0.4, 0.5) is 0 Å². The monoisotopic (exact) mass is 310 g/mol. The molecule has 1 rings (SSSR count). The van der Waals surface area contributed by atoms with E-state index in [9.17, 15) is 0 Å². The third-order valence-corrected chi connectivity index (χ3v) is 9.51. The summed E-state index contributed by atoms with van der Waals surface area (Å²) < 4.78 is 17.8. The maximum absolute atomic E-state index is 6.10. The van der Waals surface area contributed by atoms with Gasteiger partial charge in [0, 0.05) is 13.0 Å². The molecule has 0 unspecified atom stereocenters. The van der Waals surface area contributed by atoms with Gasteiger partial charge in [0.2, 0.25) is 0 Å². The summed E-state index contributed by atoms with van der Waals surface area (Å²) in [6, 6.07) is 0. The number of rotatable bonds is 3. The molecule has 1 fully saturated rings. The van der Waals surface area contributed by atoms with Crippen molar-refractivity contribution in [3.8, 4) is 11.7 Å². The normalized spacial score (nSPS) is 21.1. The van der Waals surface area contributed by atoms with E-state index in [-0.39, 0.29) is 16.2 Å². The average Bonchev–Trinajstić information content (AvgIpc) is 2.45. The van der Waals surface area contributed by atoms with Crippen molar-refractivity contribution in [1.29, 1.82) is 0 Å². The van der Waals surface area contributed by atoms with Crippen LogP contribution in [-0.2, 0) is 13.7 Å². The summed E-state index contributed by atoms with van der Waals surface area (Å²) >= 11 is 0. The van der Waals surface area contributed by atoms with Crippen LogP contribution in [0.15, 0.2) is 0 Å². The Balaban J connectivity index is 2.43. The van der Waals surface area contributed by atoms with Crippen LogP contribution in [-0.4, -0.2) is 33.2 Å². The van der Waals surface area contributed by atoms with Gasteiger partial charge in [0.25, 0.3) is 0 Å². The van der Waals surface area contributed by atoms with Gasteiger partial charge in [0.15, 0.2) is 8.32 Å². The smallest absolute Gasteiger partial charge is 0.416 e. The maximum atomic E-state index is 6.10. The zero-order chi connectivity index (χ0) is 16.5. The Bertz CT molecular complexity index is 411. The number of hydrogen-bond donors (Lipinski definition) is 0. The van der Waals surface area contributed by atoms with Gasteiger partial charge in [-0.2, -0.15) is 0 Å². The van der Waals surface area contributed by atoms with Crippen molar-refractivity contribution in [2.45, 2.75) is 84.2 Å². The van der Waals surface area contributed by atoms with Crippen molar-refractivity contribution in [1.82, 2.24) is 0 Å². The van der Waals surface area contributed by atoms with Gasteiger partial charge < -0.3 is 13.7 Å². The maximum Gasteiger partial charge on any atom is 0.551 e. The summed E-state index contributed by atoms with van der Waals surface area (Å²) in [5, 5.41) is 0.242. The molecule has 1 aliphatic rings. The minimum absolute atomic E-state index is 0.242. The van der Waals surface area contributed by atoms with Crippen LogP contribution < -0.4 is 0 Å². The van der Waals surface area contributed by atoms with E-state index >= 15 is 0 Å². The minimum atomic E-state index is -1.66. The predicted octanol–water partition coefficient (Wildman–Crippen LogP) is 4.03. The second-order valence-electron chi connectivity index (χ2n) is 8.27. The molecule has 5 heteroatoms. The molecule has 0 radical (unpaired) electrons. The molecule has 0 saturated carbocycles. The summed E-state index contributed by atoms with van der Waals surface area (Å²) in [4.78, 5) is 0. The topological polar surface area (TPSA) is 27.7 Å². The lowest BCUT2D eigenvalue weighted by Gasteiger charge is -2.35. The highest BCUT2D eigenvalue weighted by molar-refractivity contribution is 6.74. The van der Waals surface area contributed by atoms with Gasteiger partial charge in [0.05, 0.1) is 11.2 Å². The van der Waals surface area contributed by atoms with Gasteiger partial charge in [-0.1, -0.05) is 26.6 Å². The average molecular weight is 310 g/mol. The first-order valence-corrected chi connectivity index (χ1v) is 10.7. The summed E-state index contributed by atoms with van der Waals surface area (Å²) in [6.45, 7) is 20.1. The highest BCUT2D eigenvalue weighted by Crippen LogP contribution is 2.37. The molecule has 0 bridgehead atoms. The van der Waals surface area contributed by atoms with Crippen molar-refractivity contribution in [2.75, 3.05) is 6.61 Å². The Morgan fingerprint density at radius 3 is 1.95 bits per heavy atom. The second kappa shape index (κ2) is 6.08. The third-order valence-electron chi connectivity index (χ3n) is 4.97. The van der Waals surface area contributed by atoms with Crippen LogP contribution in [0.25, 0.3) is 0 Å². The Kier molecular flexibility index (Phi) is 5.43. The van der Waals surface area contributed by atoms with Gasteiger partial charge in [-0.25, -0.2) is 0 Å². The first kappa shape index (κ1) is 18.8. The van der Waals surface area contributed by atoms with E-state index in [2.05, 4.69) is 45.6 Å². The Morgan fingerprint density at radius 2 is 1.52 bits per heavy atom.